The minimum absolute atomic E-state index is 0.0315. The van der Waals surface area contributed by atoms with Crippen molar-refractivity contribution in [3.8, 4) is 5.88 Å². The van der Waals surface area contributed by atoms with E-state index in [2.05, 4.69) is 46.5 Å². The van der Waals surface area contributed by atoms with Gasteiger partial charge in [0.05, 0.1) is 76.4 Å². The van der Waals surface area contributed by atoms with E-state index in [0.29, 0.717) is 51.9 Å². The zero-order valence-corrected chi connectivity index (χ0v) is 37.7. The van der Waals surface area contributed by atoms with Gasteiger partial charge in [0, 0.05) is 60.1 Å². The highest BCUT2D eigenvalue weighted by Crippen LogP contribution is 2.42. The van der Waals surface area contributed by atoms with E-state index in [9.17, 15) is 33.0 Å². The minimum atomic E-state index is -1.77. The number of alkyl halides is 3. The summed E-state index contributed by atoms with van der Waals surface area (Å²) in [6.07, 6.45) is 2.80. The molecule has 0 bridgehead atoms. The molecule has 2 aromatic carbocycles. The van der Waals surface area contributed by atoms with E-state index in [-0.39, 0.29) is 35.4 Å². The number of anilines is 6. The highest BCUT2D eigenvalue weighted by molar-refractivity contribution is 6.01. The number of fused-ring (bicyclic) bond motifs is 2. The van der Waals surface area contributed by atoms with Gasteiger partial charge < -0.3 is 46.4 Å². The predicted octanol–water partition coefficient (Wildman–Crippen LogP) is 6.95. The molecule has 16 nitrogen and oxygen atoms in total. The van der Waals surface area contributed by atoms with Crippen molar-refractivity contribution in [1.29, 1.82) is 0 Å². The lowest BCUT2D eigenvalue weighted by molar-refractivity contribution is -0.00209. The summed E-state index contributed by atoms with van der Waals surface area (Å²) in [5.74, 6) is -0.178. The topological polar surface area (TPSA) is 212 Å². The van der Waals surface area contributed by atoms with Gasteiger partial charge >= 0.3 is 0 Å². The van der Waals surface area contributed by atoms with Gasteiger partial charge in [0.2, 0.25) is 5.88 Å². The number of carbonyl (C=O) groups excluding carboxylic acids is 2. The molecule has 1 saturated carbocycles. The summed E-state index contributed by atoms with van der Waals surface area (Å²) in [5, 5.41) is 36.7. The number of benzene rings is 2. The molecule has 66 heavy (non-hydrogen) atoms. The number of carbonyl (C=O) groups is 2. The van der Waals surface area contributed by atoms with Crippen LogP contribution < -0.4 is 36.2 Å². The lowest BCUT2D eigenvalue weighted by Gasteiger charge is -2.27. The molecule has 0 radical (unpaired) electrons. The van der Waals surface area contributed by atoms with Gasteiger partial charge in [0.25, 0.3) is 11.8 Å². The fraction of sp³-hybridized carbons (Fsp3) is 0.383. The smallest absolute Gasteiger partial charge is 0.255 e. The second-order valence-corrected chi connectivity index (χ2v) is 18.0. The Hall–Kier alpha value is -6.86. The van der Waals surface area contributed by atoms with Gasteiger partial charge in [-0.1, -0.05) is 6.07 Å². The number of nitrogens with zero attached hydrogens (tertiary/aromatic N) is 6. The molecule has 0 saturated heterocycles. The van der Waals surface area contributed by atoms with Gasteiger partial charge in [-0.15, -0.1) is 0 Å². The normalized spacial score (nSPS) is 16.0. The average Bonchev–Trinajstić information content (AvgIpc) is 4.03. The summed E-state index contributed by atoms with van der Waals surface area (Å²) < 4.78 is 50.0. The van der Waals surface area contributed by atoms with Gasteiger partial charge in [-0.25, -0.2) is 33.1 Å². The number of methoxy groups -OCH3 is 1. The second kappa shape index (κ2) is 18.9. The van der Waals surface area contributed by atoms with Crippen molar-refractivity contribution in [3.63, 3.8) is 0 Å². The maximum atomic E-state index is 15.0. The Morgan fingerprint density at radius 2 is 1.48 bits per heavy atom. The Morgan fingerprint density at radius 1 is 0.818 bits per heavy atom. The summed E-state index contributed by atoms with van der Waals surface area (Å²) in [7, 11) is 1.51. The van der Waals surface area contributed by atoms with Crippen molar-refractivity contribution in [3.05, 3.63) is 96.7 Å². The van der Waals surface area contributed by atoms with Crippen LogP contribution in [0.25, 0.3) is 21.8 Å². The zero-order valence-electron chi connectivity index (χ0n) is 37.7. The van der Waals surface area contributed by atoms with Gasteiger partial charge in [0.15, 0.2) is 0 Å². The highest BCUT2D eigenvalue weighted by atomic mass is 19.1. The monoisotopic (exact) mass is 909 g/mol. The van der Waals surface area contributed by atoms with E-state index in [0.717, 1.165) is 10.9 Å². The predicted molar refractivity (Wildman–Crippen MR) is 248 cm³/mol. The number of rotatable bonds is 19. The quantitative estimate of drug-likeness (QED) is 0.0439. The number of hydrogen-bond donors (Lipinski definition) is 7. The van der Waals surface area contributed by atoms with E-state index < -0.39 is 54.1 Å². The van der Waals surface area contributed by atoms with Gasteiger partial charge in [-0.05, 0) is 90.4 Å². The van der Waals surface area contributed by atoms with E-state index >= 15 is 0 Å². The minimum Gasteiger partial charge on any atom is -0.480 e. The number of pyridine rings is 3. The van der Waals surface area contributed by atoms with E-state index in [1.54, 1.807) is 24.4 Å². The first-order valence-electron chi connectivity index (χ1n) is 21.4. The van der Waals surface area contributed by atoms with Crippen molar-refractivity contribution in [2.24, 2.45) is 0 Å². The molecule has 348 valence electrons. The summed E-state index contributed by atoms with van der Waals surface area (Å²) in [4.78, 5) is 51.4. The summed E-state index contributed by atoms with van der Waals surface area (Å²) in [6.45, 7) is 6.91. The molecule has 7 N–H and O–H groups in total. The van der Waals surface area contributed by atoms with Crippen molar-refractivity contribution < 1.29 is 37.7 Å². The molecule has 4 atom stereocenters. The fourth-order valence-corrected chi connectivity index (χ4v) is 7.04. The summed E-state index contributed by atoms with van der Waals surface area (Å²) >= 11 is 0. The maximum Gasteiger partial charge on any atom is 0.255 e. The Bertz CT molecular complexity index is 2730. The standard InChI is InChI=1S/C47H54F3N11O5/c1-45(2,50)24-56-34-19-41(53-21-30(34)42(62)54-22-38(48)46(3,4)64)61(28-11-13-32-26(15-28)9-8-14-51-32)37-17-36(37)60-35-18-40(52-20-31(35)43(63)55-23-39(49)47(5,6)65)59-27-10-12-33-29(16-27)44(66-7)58-25-57-33/h8-16,18-21,25,36-39,64-65H,17,22-24H2,1-7H3,(H,53,56)(H,54,62)(H,55,63)(H2,52,59,60). The Balaban J connectivity index is 1.24. The number of halogens is 3. The van der Waals surface area contributed by atoms with Crippen molar-refractivity contribution >= 4 is 68.0 Å². The first-order valence-corrected chi connectivity index (χ1v) is 21.4. The molecule has 1 fully saturated rings. The molecule has 2 amide bonds. The molecule has 4 heterocycles. The Morgan fingerprint density at radius 3 is 2.15 bits per heavy atom. The molecule has 0 aliphatic heterocycles. The summed E-state index contributed by atoms with van der Waals surface area (Å²) in [5.41, 5.74) is -1.58. The Kier molecular flexibility index (Phi) is 13.5. The van der Waals surface area contributed by atoms with Gasteiger partial charge in [-0.3, -0.25) is 14.6 Å². The van der Waals surface area contributed by atoms with E-state index in [4.69, 9.17) is 9.72 Å². The first-order chi connectivity index (χ1) is 31.2. The third-order valence-electron chi connectivity index (χ3n) is 11.0. The number of hydrogen-bond acceptors (Lipinski definition) is 14. The lowest BCUT2D eigenvalue weighted by atomic mass is 10.0. The van der Waals surface area contributed by atoms with Crippen LogP contribution in [0.4, 0.5) is 47.6 Å². The second-order valence-electron chi connectivity index (χ2n) is 18.0. The average molecular weight is 910 g/mol. The van der Waals surface area contributed by atoms with Crippen LogP contribution in [0.3, 0.4) is 0 Å². The summed E-state index contributed by atoms with van der Waals surface area (Å²) in [6, 6.07) is 17.5. The SMILES string of the molecule is COc1ncnc2ccc(Nc3cc(NC4CC4N(c4ccc5ncccc5c4)c4cc(NCC(C)(C)F)c(C(=O)NCC(F)C(C)(C)O)cn4)c(C(=O)NCC(F)C(C)(C)O)cn3)cc12. The molecule has 7 rings (SSSR count). The molecule has 19 heteroatoms. The van der Waals surface area contributed by atoms with Crippen LogP contribution in [0.2, 0.25) is 0 Å². The Labute approximate surface area is 379 Å². The first kappa shape index (κ1) is 47.1. The van der Waals surface area contributed by atoms with Crippen molar-refractivity contribution in [1.82, 2.24) is 35.6 Å². The van der Waals surface area contributed by atoms with Crippen LogP contribution in [0.1, 0.15) is 68.7 Å². The molecular weight excluding hydrogens is 856 g/mol. The van der Waals surface area contributed by atoms with Crippen LogP contribution in [-0.2, 0) is 0 Å². The number of aliphatic hydroxyl groups is 2. The van der Waals surface area contributed by atoms with Crippen molar-refractivity contribution in [2.45, 2.75) is 89.3 Å². The number of amides is 2. The van der Waals surface area contributed by atoms with Crippen molar-refractivity contribution in [2.75, 3.05) is 47.6 Å². The zero-order chi connectivity index (χ0) is 47.6. The third kappa shape index (κ3) is 11.3. The van der Waals surface area contributed by atoms with Crippen LogP contribution in [0.5, 0.6) is 5.88 Å². The molecule has 6 aromatic rings. The van der Waals surface area contributed by atoms with Crippen LogP contribution in [-0.4, -0.2) is 115 Å². The lowest BCUT2D eigenvalue weighted by Crippen LogP contribution is -2.42. The number of nitrogens with one attached hydrogen (secondary N) is 5. The number of aromatic nitrogens is 5. The van der Waals surface area contributed by atoms with Gasteiger partial charge in [0.1, 0.15) is 36.0 Å². The molecule has 1 aliphatic carbocycles. The van der Waals surface area contributed by atoms with Crippen LogP contribution in [0.15, 0.2) is 85.6 Å². The van der Waals surface area contributed by atoms with Crippen LogP contribution >= 0.6 is 0 Å². The third-order valence-corrected chi connectivity index (χ3v) is 11.0. The highest BCUT2D eigenvalue weighted by Gasteiger charge is 2.44. The van der Waals surface area contributed by atoms with Gasteiger partial charge in [-0.2, -0.15) is 0 Å². The molecular formula is C47H54F3N11O5. The number of ether oxygens (including phenoxy) is 1. The van der Waals surface area contributed by atoms with Crippen LogP contribution in [0, 0.1) is 0 Å². The van der Waals surface area contributed by atoms with E-state index in [1.165, 1.54) is 67.4 Å². The van der Waals surface area contributed by atoms with E-state index in [1.807, 2.05) is 47.4 Å². The maximum absolute atomic E-state index is 15.0. The molecule has 1 aliphatic rings. The molecule has 4 aromatic heterocycles. The largest absolute Gasteiger partial charge is 0.480 e. The molecule has 0 spiro atoms. The fourth-order valence-electron chi connectivity index (χ4n) is 7.04. The molecule has 4 unspecified atom stereocenters.